The highest BCUT2D eigenvalue weighted by atomic mass is 16.6. The van der Waals surface area contributed by atoms with Gasteiger partial charge in [0.15, 0.2) is 6.61 Å². The lowest BCUT2D eigenvalue weighted by molar-refractivity contribution is -0.385. The molecule has 1 amide bonds. The van der Waals surface area contributed by atoms with Crippen LogP contribution in [0.1, 0.15) is 22.6 Å². The molecule has 0 radical (unpaired) electrons. The first-order valence-electron chi connectivity index (χ1n) is 10.8. The van der Waals surface area contributed by atoms with Gasteiger partial charge in [0.1, 0.15) is 11.5 Å². The smallest absolute Gasteiger partial charge is 0.272 e. The molecule has 0 bridgehead atoms. The third-order valence-corrected chi connectivity index (χ3v) is 5.75. The summed E-state index contributed by atoms with van der Waals surface area (Å²) in [7, 11) is 1.62. The molecular weight excluding hydrogens is 434 g/mol. The van der Waals surface area contributed by atoms with Crippen LogP contribution in [-0.4, -0.2) is 36.1 Å². The highest BCUT2D eigenvalue weighted by molar-refractivity contribution is 5.84. The molecule has 1 unspecified atom stereocenters. The Bertz CT molecular complexity index is 1310. The first kappa shape index (κ1) is 22.8. The van der Waals surface area contributed by atoms with E-state index in [9.17, 15) is 14.9 Å². The number of carbonyl (C=O) groups excluding carboxylic acids is 1. The molecule has 0 aliphatic rings. The van der Waals surface area contributed by atoms with E-state index in [0.29, 0.717) is 17.9 Å². The average molecular weight is 460 g/mol. The Kier molecular flexibility index (Phi) is 6.77. The van der Waals surface area contributed by atoms with Gasteiger partial charge in [0.05, 0.1) is 12.0 Å². The number of nitrogens with one attached hydrogen (secondary N) is 2. The van der Waals surface area contributed by atoms with Crippen molar-refractivity contribution in [3.05, 3.63) is 99.7 Å². The molecule has 8 nitrogen and oxygen atoms in total. The quantitative estimate of drug-likeness (QED) is 0.278. The number of para-hydroxylation sites is 1. The Labute approximate surface area is 196 Å². The van der Waals surface area contributed by atoms with Crippen molar-refractivity contribution in [2.24, 2.45) is 0 Å². The molecule has 0 spiro atoms. The van der Waals surface area contributed by atoms with Crippen LogP contribution in [0.5, 0.6) is 11.5 Å². The van der Waals surface area contributed by atoms with Crippen molar-refractivity contribution in [1.29, 1.82) is 0 Å². The van der Waals surface area contributed by atoms with Crippen LogP contribution in [0.15, 0.2) is 72.9 Å². The van der Waals surface area contributed by atoms with Crippen LogP contribution >= 0.6 is 0 Å². The summed E-state index contributed by atoms with van der Waals surface area (Å²) in [6.07, 6.45) is 1.97. The summed E-state index contributed by atoms with van der Waals surface area (Å²) >= 11 is 0. The van der Waals surface area contributed by atoms with E-state index in [1.165, 1.54) is 12.1 Å². The van der Waals surface area contributed by atoms with Gasteiger partial charge in [-0.2, -0.15) is 0 Å². The van der Waals surface area contributed by atoms with E-state index in [1.54, 1.807) is 20.1 Å². The number of rotatable bonds is 9. The normalized spacial score (nSPS) is 11.7. The molecule has 0 saturated carbocycles. The lowest BCUT2D eigenvalue weighted by Gasteiger charge is -2.19. The fraction of sp³-hybridized carbons (Fsp3) is 0.192. The number of amides is 1. The molecule has 174 valence electrons. The van der Waals surface area contributed by atoms with E-state index < -0.39 is 4.92 Å². The number of nitro benzene ring substituents is 1. The van der Waals surface area contributed by atoms with Gasteiger partial charge < -0.3 is 19.8 Å². The Hall–Kier alpha value is -4.33. The van der Waals surface area contributed by atoms with Gasteiger partial charge in [-0.15, -0.1) is 0 Å². The second kappa shape index (κ2) is 10.1. The second-order valence-corrected chi connectivity index (χ2v) is 7.91. The summed E-state index contributed by atoms with van der Waals surface area (Å²) in [5, 5.41) is 15.0. The number of hydrogen-bond acceptors (Lipinski definition) is 5. The van der Waals surface area contributed by atoms with E-state index in [2.05, 4.69) is 16.4 Å². The molecular formula is C26H25N3O5. The SMILES string of the molecule is COc1ccc(C(CNC(=O)COc2ccc([N+](=O)[O-])c(C)c2)c2c[nH]c3ccccc23)cc1. The zero-order valence-corrected chi connectivity index (χ0v) is 18.9. The van der Waals surface area contributed by atoms with Crippen LogP contribution in [0.4, 0.5) is 5.69 Å². The van der Waals surface area contributed by atoms with Gasteiger partial charge in [-0.25, -0.2) is 0 Å². The largest absolute Gasteiger partial charge is 0.497 e. The minimum absolute atomic E-state index is 0.0119. The summed E-state index contributed by atoms with van der Waals surface area (Å²) in [5.74, 6) is 0.792. The fourth-order valence-corrected chi connectivity index (χ4v) is 3.96. The number of aryl methyl sites for hydroxylation is 1. The number of methoxy groups -OCH3 is 1. The molecule has 3 aromatic carbocycles. The van der Waals surface area contributed by atoms with Crippen molar-refractivity contribution in [1.82, 2.24) is 10.3 Å². The van der Waals surface area contributed by atoms with Gasteiger partial charge in [0, 0.05) is 41.2 Å². The van der Waals surface area contributed by atoms with Crippen molar-refractivity contribution in [2.45, 2.75) is 12.8 Å². The molecule has 2 N–H and O–H groups in total. The van der Waals surface area contributed by atoms with Crippen LogP contribution in [0.3, 0.4) is 0 Å². The van der Waals surface area contributed by atoms with Crippen LogP contribution < -0.4 is 14.8 Å². The van der Waals surface area contributed by atoms with E-state index in [1.807, 2.05) is 48.7 Å². The number of aromatic nitrogens is 1. The molecule has 1 heterocycles. The predicted molar refractivity (Wildman–Crippen MR) is 129 cm³/mol. The minimum atomic E-state index is -0.449. The molecule has 0 saturated heterocycles. The topological polar surface area (TPSA) is 106 Å². The van der Waals surface area contributed by atoms with Crippen molar-refractivity contribution >= 4 is 22.5 Å². The first-order valence-corrected chi connectivity index (χ1v) is 10.8. The number of hydrogen-bond donors (Lipinski definition) is 2. The van der Waals surface area contributed by atoms with Gasteiger partial charge >= 0.3 is 0 Å². The van der Waals surface area contributed by atoms with Crippen LogP contribution in [0.25, 0.3) is 10.9 Å². The molecule has 34 heavy (non-hydrogen) atoms. The van der Waals surface area contributed by atoms with Crippen LogP contribution in [0.2, 0.25) is 0 Å². The van der Waals surface area contributed by atoms with Crippen LogP contribution in [-0.2, 0) is 4.79 Å². The van der Waals surface area contributed by atoms with Gasteiger partial charge in [-0.3, -0.25) is 14.9 Å². The van der Waals surface area contributed by atoms with E-state index >= 15 is 0 Å². The maximum absolute atomic E-state index is 12.6. The van der Waals surface area contributed by atoms with E-state index in [4.69, 9.17) is 9.47 Å². The highest BCUT2D eigenvalue weighted by Crippen LogP contribution is 2.31. The van der Waals surface area contributed by atoms with Crippen molar-refractivity contribution in [3.8, 4) is 11.5 Å². The Morgan fingerprint density at radius 2 is 1.82 bits per heavy atom. The Morgan fingerprint density at radius 1 is 1.09 bits per heavy atom. The van der Waals surface area contributed by atoms with Gasteiger partial charge in [0.25, 0.3) is 11.6 Å². The second-order valence-electron chi connectivity index (χ2n) is 7.91. The molecule has 4 rings (SSSR count). The molecule has 0 aliphatic carbocycles. The number of H-pyrrole nitrogens is 1. The zero-order chi connectivity index (χ0) is 24.1. The maximum atomic E-state index is 12.6. The Balaban J connectivity index is 1.47. The van der Waals surface area contributed by atoms with Gasteiger partial charge in [-0.1, -0.05) is 30.3 Å². The number of fused-ring (bicyclic) bond motifs is 1. The summed E-state index contributed by atoms with van der Waals surface area (Å²) in [4.78, 5) is 26.4. The third kappa shape index (κ3) is 5.01. The molecule has 1 atom stereocenters. The molecule has 0 fully saturated rings. The van der Waals surface area contributed by atoms with Crippen molar-refractivity contribution in [2.75, 3.05) is 20.3 Å². The number of ether oxygens (including phenoxy) is 2. The monoisotopic (exact) mass is 459 g/mol. The van der Waals surface area contributed by atoms with E-state index in [-0.39, 0.29) is 24.1 Å². The zero-order valence-electron chi connectivity index (χ0n) is 18.9. The molecule has 8 heteroatoms. The lowest BCUT2D eigenvalue weighted by atomic mass is 9.91. The summed E-state index contributed by atoms with van der Waals surface area (Å²) in [5.41, 5.74) is 3.63. The third-order valence-electron chi connectivity index (χ3n) is 5.75. The summed E-state index contributed by atoms with van der Waals surface area (Å²) in [6.45, 7) is 1.81. The summed E-state index contributed by atoms with van der Waals surface area (Å²) < 4.78 is 10.8. The minimum Gasteiger partial charge on any atom is -0.497 e. The number of benzene rings is 3. The van der Waals surface area contributed by atoms with Gasteiger partial charge in [-0.05, 0) is 48.4 Å². The number of aromatic amines is 1. The summed E-state index contributed by atoms with van der Waals surface area (Å²) in [6, 6.07) is 20.2. The molecule has 0 aliphatic heterocycles. The van der Waals surface area contributed by atoms with Gasteiger partial charge in [0.2, 0.25) is 0 Å². The molecule has 4 aromatic rings. The van der Waals surface area contributed by atoms with E-state index in [0.717, 1.165) is 27.8 Å². The number of nitrogens with zero attached hydrogens (tertiary/aromatic N) is 1. The van der Waals surface area contributed by atoms with Crippen molar-refractivity contribution < 1.29 is 19.2 Å². The fourth-order valence-electron chi connectivity index (χ4n) is 3.96. The van der Waals surface area contributed by atoms with Crippen molar-refractivity contribution in [3.63, 3.8) is 0 Å². The lowest BCUT2D eigenvalue weighted by Crippen LogP contribution is -2.32. The number of nitro groups is 1. The highest BCUT2D eigenvalue weighted by Gasteiger charge is 2.20. The van der Waals surface area contributed by atoms with Crippen LogP contribution in [0, 0.1) is 17.0 Å². The average Bonchev–Trinajstić information content (AvgIpc) is 3.27. The first-order chi connectivity index (χ1) is 16.5. The molecule has 1 aromatic heterocycles. The standard InChI is InChI=1S/C26H25N3O5/c1-17-13-20(11-12-25(17)29(31)32)34-16-26(30)28-14-22(18-7-9-19(33-2)10-8-18)23-15-27-24-6-4-3-5-21(23)24/h3-13,15,22,27H,14,16H2,1-2H3,(H,28,30). The maximum Gasteiger partial charge on any atom is 0.272 e. The predicted octanol–water partition coefficient (Wildman–Crippen LogP) is 4.72. The Morgan fingerprint density at radius 3 is 2.53 bits per heavy atom. The number of carbonyl (C=O) groups is 1.